The van der Waals surface area contributed by atoms with Crippen molar-refractivity contribution in [3.05, 3.63) is 97.8 Å². The van der Waals surface area contributed by atoms with Gasteiger partial charge in [-0.05, 0) is 55.2 Å². The van der Waals surface area contributed by atoms with Gasteiger partial charge in [0.15, 0.2) is 11.6 Å². The minimum absolute atomic E-state index is 0.0695. The summed E-state index contributed by atoms with van der Waals surface area (Å²) in [6, 6.07) is 11.0. The molecule has 2 aromatic carbocycles. The quantitative estimate of drug-likeness (QED) is 0.328. The number of aryl methyl sites for hydroxylation is 2. The number of rotatable bonds is 6. The zero-order valence-corrected chi connectivity index (χ0v) is 22.0. The Morgan fingerprint density at radius 3 is 2.51 bits per heavy atom. The molecule has 2 aliphatic heterocycles. The fraction of sp³-hybridized carbons (Fsp3) is 0.214. The van der Waals surface area contributed by atoms with Crippen LogP contribution in [0.5, 0.6) is 0 Å². The van der Waals surface area contributed by atoms with Crippen molar-refractivity contribution in [3.8, 4) is 11.3 Å². The number of aromatic nitrogens is 2. The Balaban J connectivity index is 1.29. The minimum atomic E-state index is -1.02. The van der Waals surface area contributed by atoms with E-state index in [-0.39, 0.29) is 24.1 Å². The molecule has 0 saturated heterocycles. The van der Waals surface area contributed by atoms with Crippen LogP contribution >= 0.6 is 22.9 Å². The molecule has 4 heterocycles. The second-order valence-electron chi connectivity index (χ2n) is 9.50. The summed E-state index contributed by atoms with van der Waals surface area (Å²) in [5.41, 5.74) is 2.60. The lowest BCUT2D eigenvalue weighted by Crippen LogP contribution is -2.46. The van der Waals surface area contributed by atoms with Gasteiger partial charge in [-0.2, -0.15) is 5.10 Å². The molecule has 2 aliphatic rings. The molecule has 39 heavy (non-hydrogen) atoms. The van der Waals surface area contributed by atoms with Crippen molar-refractivity contribution in [2.24, 2.45) is 0 Å². The standard InChI is InChI=1S/C28H21ClF2N4O3S/c29-20-13-32-35-9-3-6-23-19(25(20)35)12-24(39-23)26(36)33-16(10-15-7-8-21(30)22(31)11-15)14-34-27(37)17-4-1-2-5-18(17)28(34)38/h1-2,4-5,7-8,11-13,16H,3,6,9-10,14H2,(H,33,36)/t16-/m0/s1. The van der Waals surface area contributed by atoms with Crippen molar-refractivity contribution < 1.29 is 23.2 Å². The molecule has 11 heteroatoms. The van der Waals surface area contributed by atoms with E-state index in [9.17, 15) is 23.2 Å². The number of nitrogens with one attached hydrogen (secondary N) is 1. The number of halogens is 3. The first kappa shape index (κ1) is 25.4. The molecular weight excluding hydrogens is 546 g/mol. The van der Waals surface area contributed by atoms with E-state index >= 15 is 0 Å². The second-order valence-corrected chi connectivity index (χ2v) is 11.0. The van der Waals surface area contributed by atoms with E-state index in [0.717, 1.165) is 52.6 Å². The molecule has 6 rings (SSSR count). The number of hydrogen-bond donors (Lipinski definition) is 1. The highest BCUT2D eigenvalue weighted by molar-refractivity contribution is 7.14. The fourth-order valence-electron chi connectivity index (χ4n) is 5.11. The third-order valence-electron chi connectivity index (χ3n) is 6.94. The van der Waals surface area contributed by atoms with E-state index in [1.54, 1.807) is 36.5 Å². The van der Waals surface area contributed by atoms with Crippen LogP contribution in [0.3, 0.4) is 0 Å². The number of benzene rings is 2. The molecular formula is C28H21ClF2N4O3S. The molecule has 1 N–H and O–H groups in total. The second kappa shape index (κ2) is 10.0. The lowest BCUT2D eigenvalue weighted by atomic mass is 10.0. The molecule has 0 saturated carbocycles. The highest BCUT2D eigenvalue weighted by atomic mass is 35.5. The van der Waals surface area contributed by atoms with E-state index in [1.807, 2.05) is 4.68 Å². The average Bonchev–Trinajstić information content (AvgIpc) is 3.53. The summed E-state index contributed by atoms with van der Waals surface area (Å²) in [5, 5.41) is 7.75. The van der Waals surface area contributed by atoms with Crippen molar-refractivity contribution >= 4 is 40.7 Å². The Kier molecular flexibility index (Phi) is 6.52. The van der Waals surface area contributed by atoms with Gasteiger partial charge in [-0.25, -0.2) is 8.78 Å². The number of thiophene rings is 1. The van der Waals surface area contributed by atoms with Crippen LogP contribution in [0.4, 0.5) is 8.78 Å². The van der Waals surface area contributed by atoms with Crippen molar-refractivity contribution in [2.75, 3.05) is 6.54 Å². The summed E-state index contributed by atoms with van der Waals surface area (Å²) in [4.78, 5) is 42.0. The maximum Gasteiger partial charge on any atom is 0.261 e. The van der Waals surface area contributed by atoms with Crippen molar-refractivity contribution in [1.29, 1.82) is 0 Å². The van der Waals surface area contributed by atoms with Gasteiger partial charge in [0.25, 0.3) is 17.7 Å². The molecule has 0 bridgehead atoms. The number of hydrogen-bond acceptors (Lipinski definition) is 5. The van der Waals surface area contributed by atoms with Gasteiger partial charge in [0.2, 0.25) is 0 Å². The Morgan fingerprint density at radius 1 is 1.05 bits per heavy atom. The highest BCUT2D eigenvalue weighted by Crippen LogP contribution is 2.38. The number of carbonyl (C=O) groups is 3. The molecule has 4 aromatic rings. The largest absolute Gasteiger partial charge is 0.346 e. The smallest absolute Gasteiger partial charge is 0.261 e. The van der Waals surface area contributed by atoms with Crippen LogP contribution in [0, 0.1) is 11.6 Å². The third-order valence-corrected chi connectivity index (χ3v) is 8.41. The first-order valence-corrected chi connectivity index (χ1v) is 13.5. The monoisotopic (exact) mass is 566 g/mol. The molecule has 2 aromatic heterocycles. The van der Waals surface area contributed by atoms with E-state index in [0.29, 0.717) is 15.5 Å². The van der Waals surface area contributed by atoms with Gasteiger partial charge < -0.3 is 5.32 Å². The lowest BCUT2D eigenvalue weighted by molar-refractivity contribution is 0.0629. The first-order chi connectivity index (χ1) is 18.8. The molecule has 0 spiro atoms. The third kappa shape index (κ3) is 4.63. The van der Waals surface area contributed by atoms with Crippen LogP contribution in [0.1, 0.15) is 47.2 Å². The maximum atomic E-state index is 14.0. The zero-order valence-electron chi connectivity index (χ0n) is 20.4. The Morgan fingerprint density at radius 2 is 1.79 bits per heavy atom. The summed E-state index contributed by atoms with van der Waals surface area (Å²) >= 11 is 7.75. The van der Waals surface area contributed by atoms with Gasteiger partial charge in [-0.3, -0.25) is 24.0 Å². The number of nitrogens with zero attached hydrogens (tertiary/aromatic N) is 3. The van der Waals surface area contributed by atoms with E-state index in [1.165, 1.54) is 17.4 Å². The van der Waals surface area contributed by atoms with Crippen LogP contribution in [0.25, 0.3) is 11.3 Å². The minimum Gasteiger partial charge on any atom is -0.346 e. The molecule has 0 unspecified atom stereocenters. The number of carbonyl (C=O) groups excluding carboxylic acids is 3. The Hall–Kier alpha value is -3.89. The fourth-order valence-corrected chi connectivity index (χ4v) is 6.46. The van der Waals surface area contributed by atoms with Crippen LogP contribution in [-0.2, 0) is 19.4 Å². The Labute approximate surface area is 231 Å². The van der Waals surface area contributed by atoms with E-state index in [4.69, 9.17) is 11.6 Å². The topological polar surface area (TPSA) is 84.3 Å². The number of amides is 3. The van der Waals surface area contributed by atoms with Crippen LogP contribution in [0.15, 0.2) is 54.7 Å². The summed E-state index contributed by atoms with van der Waals surface area (Å²) in [6.07, 6.45) is 3.27. The SMILES string of the molecule is O=C(N[C@@H](Cc1ccc(F)c(F)c1)CN1C(=O)c2ccccc2C1=O)c1cc2c(s1)CCCn1ncc(Cl)c1-2. The van der Waals surface area contributed by atoms with Crippen LogP contribution < -0.4 is 5.32 Å². The molecule has 0 aliphatic carbocycles. The zero-order chi connectivity index (χ0) is 27.3. The van der Waals surface area contributed by atoms with Gasteiger partial charge in [0.1, 0.15) is 0 Å². The maximum absolute atomic E-state index is 14.0. The van der Waals surface area contributed by atoms with Crippen LogP contribution in [0.2, 0.25) is 5.02 Å². The first-order valence-electron chi connectivity index (χ1n) is 12.3. The highest BCUT2D eigenvalue weighted by Gasteiger charge is 2.37. The molecule has 0 fully saturated rings. The van der Waals surface area contributed by atoms with E-state index < -0.39 is 35.4 Å². The lowest BCUT2D eigenvalue weighted by Gasteiger charge is -2.24. The predicted molar refractivity (Wildman–Crippen MR) is 142 cm³/mol. The van der Waals surface area contributed by atoms with Crippen molar-refractivity contribution in [2.45, 2.75) is 31.8 Å². The Bertz CT molecular complexity index is 1610. The van der Waals surface area contributed by atoms with Crippen LogP contribution in [-0.4, -0.2) is 45.0 Å². The van der Waals surface area contributed by atoms with Crippen molar-refractivity contribution in [1.82, 2.24) is 20.0 Å². The molecule has 198 valence electrons. The molecule has 3 amide bonds. The summed E-state index contributed by atoms with van der Waals surface area (Å²) in [6.45, 7) is 0.586. The predicted octanol–water partition coefficient (Wildman–Crippen LogP) is 5.13. The van der Waals surface area contributed by atoms with E-state index in [2.05, 4.69) is 10.4 Å². The van der Waals surface area contributed by atoms with Gasteiger partial charge in [-0.1, -0.05) is 29.8 Å². The van der Waals surface area contributed by atoms with Gasteiger partial charge in [-0.15, -0.1) is 11.3 Å². The normalized spacial score (nSPS) is 15.0. The summed E-state index contributed by atoms with van der Waals surface area (Å²) in [5.74, 6) is -3.34. The van der Waals surface area contributed by atoms with Crippen molar-refractivity contribution in [3.63, 3.8) is 0 Å². The van der Waals surface area contributed by atoms with Gasteiger partial charge >= 0.3 is 0 Å². The van der Waals surface area contributed by atoms with Gasteiger partial charge in [0.05, 0.1) is 39.0 Å². The summed E-state index contributed by atoms with van der Waals surface area (Å²) < 4.78 is 29.3. The molecule has 7 nitrogen and oxygen atoms in total. The summed E-state index contributed by atoms with van der Waals surface area (Å²) in [7, 11) is 0. The number of fused-ring (bicyclic) bond motifs is 4. The number of imide groups is 1. The molecule has 1 atom stereocenters. The molecule has 0 radical (unpaired) electrons. The average molecular weight is 567 g/mol. The van der Waals surface area contributed by atoms with Gasteiger partial charge in [0, 0.05) is 23.5 Å².